The Hall–Kier alpha value is -3.84. The molecule has 1 saturated carbocycles. The Morgan fingerprint density at radius 2 is 1.94 bits per heavy atom. The summed E-state index contributed by atoms with van der Waals surface area (Å²) in [5.74, 6) is -0.134. The van der Waals surface area contributed by atoms with Gasteiger partial charge in [-0.2, -0.15) is 0 Å². The van der Waals surface area contributed by atoms with E-state index in [1.807, 2.05) is 42.5 Å². The van der Waals surface area contributed by atoms with Crippen molar-refractivity contribution in [3.8, 4) is 11.3 Å². The number of pyridine rings is 2. The molecule has 5 aromatic rings. The maximum Gasteiger partial charge on any atom is 0.253 e. The van der Waals surface area contributed by atoms with Gasteiger partial charge in [0, 0.05) is 23.2 Å². The van der Waals surface area contributed by atoms with E-state index in [2.05, 4.69) is 26.7 Å². The summed E-state index contributed by atoms with van der Waals surface area (Å²) < 4.78 is 1.79. The fourth-order valence-electron chi connectivity index (χ4n) is 3.87. The van der Waals surface area contributed by atoms with E-state index in [-0.39, 0.29) is 11.9 Å². The highest BCUT2D eigenvalue weighted by Gasteiger charge is 2.24. The van der Waals surface area contributed by atoms with E-state index in [1.54, 1.807) is 23.0 Å². The van der Waals surface area contributed by atoms with E-state index < -0.39 is 0 Å². The van der Waals surface area contributed by atoms with Gasteiger partial charge in [0.05, 0.1) is 28.3 Å². The van der Waals surface area contributed by atoms with Crippen molar-refractivity contribution < 1.29 is 4.79 Å². The number of benzene rings is 2. The lowest BCUT2D eigenvalue weighted by molar-refractivity contribution is 0.0951. The van der Waals surface area contributed by atoms with Crippen LogP contribution in [0, 0.1) is 0 Å². The molecule has 3 aromatic heterocycles. The zero-order chi connectivity index (χ0) is 22.4. The van der Waals surface area contributed by atoms with Crippen LogP contribution in [0.1, 0.15) is 28.8 Å². The lowest BCUT2D eigenvalue weighted by Crippen LogP contribution is -2.25. The van der Waals surface area contributed by atoms with Crippen LogP contribution in [-0.2, 0) is 6.54 Å². The molecule has 1 amide bonds. The second-order valence-corrected chi connectivity index (χ2v) is 8.67. The molecule has 1 fully saturated rings. The summed E-state index contributed by atoms with van der Waals surface area (Å²) in [7, 11) is 0. The molecule has 1 aliphatic carbocycles. The van der Waals surface area contributed by atoms with Crippen LogP contribution >= 0.6 is 11.6 Å². The van der Waals surface area contributed by atoms with Gasteiger partial charge in [-0.25, -0.2) is 9.67 Å². The molecule has 0 radical (unpaired) electrons. The van der Waals surface area contributed by atoms with E-state index in [9.17, 15) is 4.79 Å². The van der Waals surface area contributed by atoms with Gasteiger partial charge in [0.25, 0.3) is 5.91 Å². The van der Waals surface area contributed by atoms with Crippen LogP contribution in [0.25, 0.3) is 33.3 Å². The van der Waals surface area contributed by atoms with Gasteiger partial charge in [0.2, 0.25) is 0 Å². The zero-order valence-corrected chi connectivity index (χ0v) is 18.3. The number of hydrogen-bond acceptors (Lipinski definition) is 5. The predicted octanol–water partition coefficient (Wildman–Crippen LogP) is 4.64. The first-order chi connectivity index (χ1) is 16.1. The molecular weight excluding hydrogens is 436 g/mol. The van der Waals surface area contributed by atoms with Crippen molar-refractivity contribution in [2.75, 3.05) is 0 Å². The first kappa shape index (κ1) is 19.8. The Balaban J connectivity index is 1.31. The van der Waals surface area contributed by atoms with Crippen LogP contribution in [-0.4, -0.2) is 36.9 Å². The van der Waals surface area contributed by atoms with E-state index in [4.69, 9.17) is 16.6 Å². The van der Waals surface area contributed by atoms with Crippen molar-refractivity contribution in [2.24, 2.45) is 0 Å². The Kier molecular flexibility index (Phi) is 4.77. The van der Waals surface area contributed by atoms with Gasteiger partial charge in [-0.1, -0.05) is 35.0 Å². The summed E-state index contributed by atoms with van der Waals surface area (Å²) in [6, 6.07) is 19.6. The molecule has 0 unspecified atom stereocenters. The number of carbonyl (C=O) groups is 1. The fraction of sp³-hybridized carbons (Fsp3) is 0.160. The Labute approximate surface area is 194 Å². The van der Waals surface area contributed by atoms with Gasteiger partial charge in [-0.15, -0.1) is 5.10 Å². The van der Waals surface area contributed by atoms with Gasteiger partial charge < -0.3 is 5.32 Å². The standard InChI is InChI=1S/C25H19ClN6O/c26-20-13-17(4-7-19(20)25(33)28-18-5-6-18)22-9-10-23-24(29-22)32(31-30-23)14-15-3-8-21-16(12-15)2-1-11-27-21/h1-4,7-13,18H,5-6,14H2,(H,28,33). The maximum absolute atomic E-state index is 12.4. The van der Waals surface area contributed by atoms with Gasteiger partial charge in [-0.05, 0) is 60.9 Å². The average Bonchev–Trinajstić information content (AvgIpc) is 3.57. The molecule has 33 heavy (non-hydrogen) atoms. The van der Waals surface area contributed by atoms with Crippen molar-refractivity contribution >= 4 is 39.6 Å². The summed E-state index contributed by atoms with van der Waals surface area (Å²) in [5, 5.41) is 13.0. The maximum atomic E-state index is 12.4. The molecule has 8 heteroatoms. The Bertz CT molecular complexity index is 1520. The number of nitrogens with one attached hydrogen (secondary N) is 1. The van der Waals surface area contributed by atoms with Crippen molar-refractivity contribution in [3.63, 3.8) is 0 Å². The number of carbonyl (C=O) groups excluding carboxylic acids is 1. The molecule has 3 heterocycles. The zero-order valence-electron chi connectivity index (χ0n) is 17.6. The number of amides is 1. The number of hydrogen-bond donors (Lipinski definition) is 1. The second kappa shape index (κ2) is 7.94. The Morgan fingerprint density at radius 1 is 1.06 bits per heavy atom. The van der Waals surface area contributed by atoms with Crippen molar-refractivity contribution in [2.45, 2.75) is 25.4 Å². The van der Waals surface area contributed by atoms with Gasteiger partial charge >= 0.3 is 0 Å². The molecule has 1 N–H and O–H groups in total. The molecule has 0 spiro atoms. The summed E-state index contributed by atoms with van der Waals surface area (Å²) >= 11 is 6.44. The summed E-state index contributed by atoms with van der Waals surface area (Å²) in [4.78, 5) is 21.5. The van der Waals surface area contributed by atoms with Crippen molar-refractivity contribution in [3.05, 3.63) is 83.0 Å². The minimum atomic E-state index is -0.134. The first-order valence-corrected chi connectivity index (χ1v) is 11.2. The summed E-state index contributed by atoms with van der Waals surface area (Å²) in [6.07, 6.45) is 3.85. The fourth-order valence-corrected chi connectivity index (χ4v) is 4.13. The molecule has 2 aromatic carbocycles. The third-order valence-electron chi connectivity index (χ3n) is 5.78. The molecule has 1 aliphatic rings. The third kappa shape index (κ3) is 3.91. The summed E-state index contributed by atoms with van der Waals surface area (Å²) in [5.41, 5.74) is 5.49. The summed E-state index contributed by atoms with van der Waals surface area (Å²) in [6.45, 7) is 0.540. The number of halogens is 1. The van der Waals surface area contributed by atoms with Gasteiger partial charge in [0.1, 0.15) is 5.52 Å². The molecule has 0 saturated heterocycles. The molecule has 7 nitrogen and oxygen atoms in total. The minimum absolute atomic E-state index is 0.134. The van der Waals surface area contributed by atoms with E-state index in [0.29, 0.717) is 28.3 Å². The smallest absolute Gasteiger partial charge is 0.253 e. The lowest BCUT2D eigenvalue weighted by atomic mass is 10.1. The van der Waals surface area contributed by atoms with Crippen molar-refractivity contribution in [1.82, 2.24) is 30.3 Å². The Morgan fingerprint density at radius 3 is 2.79 bits per heavy atom. The van der Waals surface area contributed by atoms with Crippen LogP contribution in [0.5, 0.6) is 0 Å². The van der Waals surface area contributed by atoms with Gasteiger partial charge in [0.15, 0.2) is 5.65 Å². The van der Waals surface area contributed by atoms with Crippen LogP contribution in [0.15, 0.2) is 66.9 Å². The van der Waals surface area contributed by atoms with Crippen molar-refractivity contribution in [1.29, 1.82) is 0 Å². The average molecular weight is 455 g/mol. The van der Waals surface area contributed by atoms with Gasteiger partial charge in [-0.3, -0.25) is 9.78 Å². The normalized spacial score (nSPS) is 13.5. The molecule has 6 rings (SSSR count). The predicted molar refractivity (Wildman–Crippen MR) is 127 cm³/mol. The second-order valence-electron chi connectivity index (χ2n) is 8.26. The number of rotatable bonds is 5. The number of aromatic nitrogens is 5. The molecule has 0 bridgehead atoms. The lowest BCUT2D eigenvalue weighted by Gasteiger charge is -2.08. The quantitative estimate of drug-likeness (QED) is 0.418. The highest BCUT2D eigenvalue weighted by atomic mass is 35.5. The topological polar surface area (TPSA) is 85.6 Å². The molecular formula is C25H19ClN6O. The molecule has 0 aliphatic heterocycles. The molecule has 0 atom stereocenters. The van der Waals surface area contributed by atoms with E-state index in [1.165, 1.54) is 0 Å². The van der Waals surface area contributed by atoms with E-state index in [0.717, 1.165) is 40.6 Å². The number of fused-ring (bicyclic) bond motifs is 2. The third-order valence-corrected chi connectivity index (χ3v) is 6.09. The van der Waals surface area contributed by atoms with Crippen LogP contribution in [0.3, 0.4) is 0 Å². The van der Waals surface area contributed by atoms with Crippen LogP contribution in [0.4, 0.5) is 0 Å². The van der Waals surface area contributed by atoms with Crippen LogP contribution < -0.4 is 5.32 Å². The largest absolute Gasteiger partial charge is 0.349 e. The highest BCUT2D eigenvalue weighted by Crippen LogP contribution is 2.27. The highest BCUT2D eigenvalue weighted by molar-refractivity contribution is 6.34. The SMILES string of the molecule is O=C(NC1CC1)c1ccc(-c2ccc3nnn(Cc4ccc5ncccc5c4)c3n2)cc1Cl. The first-order valence-electron chi connectivity index (χ1n) is 10.8. The number of nitrogens with zero attached hydrogens (tertiary/aromatic N) is 5. The minimum Gasteiger partial charge on any atom is -0.349 e. The molecule has 162 valence electrons. The van der Waals surface area contributed by atoms with E-state index >= 15 is 0 Å². The monoisotopic (exact) mass is 454 g/mol. The van der Waals surface area contributed by atoms with Crippen LogP contribution in [0.2, 0.25) is 5.02 Å².